The Labute approximate surface area is 138 Å². The summed E-state index contributed by atoms with van der Waals surface area (Å²) in [5, 5.41) is 8.23. The van der Waals surface area contributed by atoms with E-state index in [4.69, 9.17) is 11.6 Å². The fraction of sp³-hybridized carbons (Fsp3) is 0.467. The molecule has 122 valence electrons. The first-order valence-electron chi connectivity index (χ1n) is 7.47. The molecule has 2 aromatic heterocycles. The third-order valence-electron chi connectivity index (χ3n) is 4.19. The lowest BCUT2D eigenvalue weighted by atomic mass is 10.0. The Bertz CT molecular complexity index is 797. The Kier molecular flexibility index (Phi) is 4.21. The van der Waals surface area contributed by atoms with Gasteiger partial charge in [-0.25, -0.2) is 4.68 Å². The van der Waals surface area contributed by atoms with Crippen molar-refractivity contribution in [3.8, 4) is 0 Å². The highest BCUT2D eigenvalue weighted by Crippen LogP contribution is 2.31. The van der Waals surface area contributed by atoms with E-state index in [9.17, 15) is 9.59 Å². The number of carbonyl (C=O) groups excluding carboxylic acids is 1. The second-order valence-corrected chi connectivity index (χ2v) is 6.17. The molecule has 0 bridgehead atoms. The molecule has 3 heterocycles. The molecule has 1 saturated heterocycles. The third-order valence-corrected chi connectivity index (χ3v) is 4.55. The van der Waals surface area contributed by atoms with E-state index < -0.39 is 0 Å². The number of ketones is 1. The molecule has 1 aliphatic rings. The summed E-state index contributed by atoms with van der Waals surface area (Å²) in [5.41, 5.74) is 0.886. The zero-order chi connectivity index (χ0) is 16.6. The van der Waals surface area contributed by atoms with Crippen molar-refractivity contribution in [2.24, 2.45) is 14.1 Å². The molecule has 3 rings (SSSR count). The van der Waals surface area contributed by atoms with Gasteiger partial charge >= 0.3 is 0 Å². The SMILES string of the molecule is Cn1cc(C(=O)C[C@@H]2CCCN2c2cnn(C)c(=O)c2Cl)cn1. The van der Waals surface area contributed by atoms with Crippen molar-refractivity contribution in [1.29, 1.82) is 0 Å². The first kappa shape index (κ1) is 15.7. The second-order valence-electron chi connectivity index (χ2n) is 5.79. The van der Waals surface area contributed by atoms with Crippen molar-refractivity contribution >= 4 is 23.1 Å². The first-order chi connectivity index (χ1) is 11.0. The normalized spacial score (nSPS) is 17.7. The first-order valence-corrected chi connectivity index (χ1v) is 7.85. The van der Waals surface area contributed by atoms with Gasteiger partial charge in [-0.2, -0.15) is 10.2 Å². The fourth-order valence-electron chi connectivity index (χ4n) is 2.96. The van der Waals surface area contributed by atoms with E-state index in [2.05, 4.69) is 10.2 Å². The summed E-state index contributed by atoms with van der Waals surface area (Å²) in [6, 6.07) is 0.0223. The minimum atomic E-state index is -0.326. The lowest BCUT2D eigenvalue weighted by Crippen LogP contribution is -2.33. The molecule has 1 fully saturated rings. The van der Waals surface area contributed by atoms with Crippen LogP contribution in [0.3, 0.4) is 0 Å². The fourth-order valence-corrected chi connectivity index (χ4v) is 3.24. The van der Waals surface area contributed by atoms with Gasteiger partial charge in [-0.3, -0.25) is 14.3 Å². The average molecular weight is 336 g/mol. The van der Waals surface area contributed by atoms with Gasteiger partial charge in [0, 0.05) is 39.3 Å². The Hall–Kier alpha value is -2.15. The number of hydrogen-bond donors (Lipinski definition) is 0. The van der Waals surface area contributed by atoms with E-state index in [0.717, 1.165) is 19.4 Å². The van der Waals surface area contributed by atoms with Crippen LogP contribution in [0.15, 0.2) is 23.4 Å². The predicted molar refractivity (Wildman–Crippen MR) is 87.0 cm³/mol. The van der Waals surface area contributed by atoms with E-state index in [1.54, 1.807) is 37.4 Å². The number of nitrogens with zero attached hydrogens (tertiary/aromatic N) is 5. The number of anilines is 1. The number of halogens is 1. The van der Waals surface area contributed by atoms with Crippen LogP contribution < -0.4 is 10.5 Å². The quantitative estimate of drug-likeness (QED) is 0.790. The largest absolute Gasteiger partial charge is 0.365 e. The molecule has 1 atom stereocenters. The van der Waals surface area contributed by atoms with Crippen LogP contribution in [-0.2, 0) is 14.1 Å². The van der Waals surface area contributed by atoms with Gasteiger partial charge in [-0.1, -0.05) is 11.6 Å². The lowest BCUT2D eigenvalue weighted by molar-refractivity contribution is 0.0974. The van der Waals surface area contributed by atoms with Crippen molar-refractivity contribution in [2.75, 3.05) is 11.4 Å². The molecule has 0 amide bonds. The van der Waals surface area contributed by atoms with Crippen LogP contribution >= 0.6 is 11.6 Å². The number of Topliss-reactive ketones (excluding diaryl/α,β-unsaturated/α-hetero) is 1. The van der Waals surface area contributed by atoms with Crippen LogP contribution in [0.4, 0.5) is 5.69 Å². The molecule has 0 unspecified atom stereocenters. The molecule has 0 N–H and O–H groups in total. The molecule has 0 aliphatic carbocycles. The van der Waals surface area contributed by atoms with Crippen molar-refractivity contribution in [3.63, 3.8) is 0 Å². The topological polar surface area (TPSA) is 73.0 Å². The van der Waals surface area contributed by atoms with Gasteiger partial charge in [-0.15, -0.1) is 0 Å². The minimum Gasteiger partial charge on any atom is -0.365 e. The van der Waals surface area contributed by atoms with Gasteiger partial charge in [0.25, 0.3) is 5.56 Å². The van der Waals surface area contributed by atoms with E-state index >= 15 is 0 Å². The molecule has 0 radical (unpaired) electrons. The summed E-state index contributed by atoms with van der Waals surface area (Å²) in [5.74, 6) is 0.0444. The zero-order valence-corrected chi connectivity index (χ0v) is 13.8. The van der Waals surface area contributed by atoms with E-state index in [-0.39, 0.29) is 22.4 Å². The van der Waals surface area contributed by atoms with Crippen LogP contribution in [-0.4, -0.2) is 37.9 Å². The van der Waals surface area contributed by atoms with Gasteiger partial charge in [0.1, 0.15) is 5.02 Å². The maximum absolute atomic E-state index is 12.4. The molecular weight excluding hydrogens is 318 g/mol. The summed E-state index contributed by atoms with van der Waals surface area (Å²) >= 11 is 6.19. The van der Waals surface area contributed by atoms with Crippen LogP contribution in [0.25, 0.3) is 0 Å². The molecule has 7 nitrogen and oxygen atoms in total. The molecule has 0 spiro atoms. The third kappa shape index (κ3) is 3.01. The molecule has 23 heavy (non-hydrogen) atoms. The molecule has 0 saturated carbocycles. The zero-order valence-electron chi connectivity index (χ0n) is 13.1. The minimum absolute atomic E-state index is 0.0223. The highest BCUT2D eigenvalue weighted by Gasteiger charge is 2.29. The monoisotopic (exact) mass is 335 g/mol. The standard InChI is InChI=1S/C15H18ClN5O2/c1-19-9-10(7-17-19)13(22)6-11-4-3-5-21(11)12-8-18-20(2)15(23)14(12)16/h7-9,11H,3-6H2,1-2H3/t11-/m0/s1. The number of aryl methyl sites for hydroxylation is 2. The number of carbonyl (C=O) groups is 1. The van der Waals surface area contributed by atoms with E-state index in [1.807, 2.05) is 4.90 Å². The Morgan fingerprint density at radius 1 is 1.35 bits per heavy atom. The average Bonchev–Trinajstić information content (AvgIpc) is 3.14. The molecule has 2 aromatic rings. The van der Waals surface area contributed by atoms with Gasteiger partial charge in [-0.05, 0) is 12.8 Å². The second kappa shape index (κ2) is 6.16. The number of rotatable bonds is 4. The van der Waals surface area contributed by atoms with Gasteiger partial charge in [0.2, 0.25) is 0 Å². The maximum Gasteiger partial charge on any atom is 0.287 e. The Balaban J connectivity index is 1.82. The summed E-state index contributed by atoms with van der Waals surface area (Å²) < 4.78 is 2.82. The van der Waals surface area contributed by atoms with Crippen molar-refractivity contribution < 1.29 is 4.79 Å². The molecule has 0 aromatic carbocycles. The van der Waals surface area contributed by atoms with Gasteiger partial charge < -0.3 is 4.90 Å². The lowest BCUT2D eigenvalue weighted by Gasteiger charge is -2.26. The molecular formula is C15H18ClN5O2. The summed E-state index contributed by atoms with van der Waals surface area (Å²) in [6.07, 6.45) is 7.10. The Morgan fingerprint density at radius 2 is 2.13 bits per heavy atom. The highest BCUT2D eigenvalue weighted by molar-refractivity contribution is 6.33. The predicted octanol–water partition coefficient (Wildman–Crippen LogP) is 1.41. The van der Waals surface area contributed by atoms with Crippen molar-refractivity contribution in [1.82, 2.24) is 19.6 Å². The molecule has 1 aliphatic heterocycles. The summed E-state index contributed by atoms with van der Waals surface area (Å²) in [4.78, 5) is 26.4. The van der Waals surface area contributed by atoms with Crippen LogP contribution in [0, 0.1) is 0 Å². The van der Waals surface area contributed by atoms with Crippen LogP contribution in [0.2, 0.25) is 5.02 Å². The summed E-state index contributed by atoms with van der Waals surface area (Å²) in [7, 11) is 3.34. The smallest absolute Gasteiger partial charge is 0.287 e. The van der Waals surface area contributed by atoms with Crippen LogP contribution in [0.5, 0.6) is 0 Å². The van der Waals surface area contributed by atoms with Gasteiger partial charge in [0.05, 0.1) is 23.6 Å². The number of hydrogen-bond acceptors (Lipinski definition) is 5. The van der Waals surface area contributed by atoms with E-state index in [0.29, 0.717) is 17.7 Å². The number of aromatic nitrogens is 4. The molecule has 8 heteroatoms. The Morgan fingerprint density at radius 3 is 2.83 bits per heavy atom. The summed E-state index contributed by atoms with van der Waals surface area (Å²) in [6.45, 7) is 0.763. The van der Waals surface area contributed by atoms with Gasteiger partial charge in [0.15, 0.2) is 5.78 Å². The van der Waals surface area contributed by atoms with Crippen molar-refractivity contribution in [2.45, 2.75) is 25.3 Å². The van der Waals surface area contributed by atoms with Crippen LogP contribution in [0.1, 0.15) is 29.6 Å². The van der Waals surface area contributed by atoms with E-state index in [1.165, 1.54) is 4.68 Å². The maximum atomic E-state index is 12.4. The van der Waals surface area contributed by atoms with Crippen molar-refractivity contribution in [3.05, 3.63) is 39.5 Å². The highest BCUT2D eigenvalue weighted by atomic mass is 35.5.